The van der Waals surface area contributed by atoms with Crippen molar-refractivity contribution in [3.63, 3.8) is 0 Å². The number of carbonyl (C=O) groups excluding carboxylic acids is 1. The molecule has 0 saturated carbocycles. The van der Waals surface area contributed by atoms with Crippen molar-refractivity contribution in [3.8, 4) is 11.5 Å². The maximum absolute atomic E-state index is 12.3. The second kappa shape index (κ2) is 10.4. The van der Waals surface area contributed by atoms with E-state index in [-0.39, 0.29) is 29.7 Å². The van der Waals surface area contributed by atoms with Crippen LogP contribution in [0.15, 0.2) is 40.9 Å². The van der Waals surface area contributed by atoms with E-state index in [1.807, 2.05) is 39.0 Å². The lowest BCUT2D eigenvalue weighted by atomic mass is 10.1. The summed E-state index contributed by atoms with van der Waals surface area (Å²) in [6, 6.07) is 10.8. The van der Waals surface area contributed by atoms with E-state index in [2.05, 4.69) is 10.5 Å². The van der Waals surface area contributed by atoms with Crippen molar-refractivity contribution in [2.75, 3.05) is 18.5 Å². The molecule has 2 aromatic carbocycles. The lowest BCUT2D eigenvalue weighted by molar-refractivity contribution is -0.386. The first kappa shape index (κ1) is 23.5. The Morgan fingerprint density at radius 1 is 1.09 bits per heavy atom. The third-order valence-electron chi connectivity index (χ3n) is 4.88. The Bertz CT molecular complexity index is 1200. The molecule has 0 fully saturated rings. The van der Waals surface area contributed by atoms with Gasteiger partial charge >= 0.3 is 5.69 Å². The summed E-state index contributed by atoms with van der Waals surface area (Å²) >= 11 is 0. The number of nitrogens with one attached hydrogen (secondary N) is 1. The summed E-state index contributed by atoms with van der Waals surface area (Å²) in [4.78, 5) is 23.0. The van der Waals surface area contributed by atoms with Gasteiger partial charge in [0, 0.05) is 5.69 Å². The van der Waals surface area contributed by atoms with Crippen LogP contribution in [-0.4, -0.2) is 29.2 Å². The molecule has 0 atom stereocenters. The number of nitro groups is 1. The molecule has 0 bridgehead atoms. The fourth-order valence-corrected chi connectivity index (χ4v) is 3.06. The Balaban J connectivity index is 1.70. The highest BCUT2D eigenvalue weighted by Crippen LogP contribution is 2.30. The van der Waals surface area contributed by atoms with Crippen molar-refractivity contribution >= 4 is 29.4 Å². The molecule has 0 aliphatic heterocycles. The Hall–Kier alpha value is -4.14. The van der Waals surface area contributed by atoms with E-state index in [1.54, 1.807) is 24.3 Å². The fraction of sp³-hybridized carbons (Fsp3) is 0.250. The maximum atomic E-state index is 12.3. The molecule has 0 unspecified atom stereocenters. The molecule has 1 amide bonds. The van der Waals surface area contributed by atoms with Crippen LogP contribution in [0.4, 0.5) is 11.4 Å². The van der Waals surface area contributed by atoms with Crippen LogP contribution in [0.1, 0.15) is 35.1 Å². The van der Waals surface area contributed by atoms with Gasteiger partial charge < -0.3 is 19.3 Å². The van der Waals surface area contributed by atoms with Crippen molar-refractivity contribution in [1.29, 1.82) is 0 Å². The second-order valence-electron chi connectivity index (χ2n) is 7.35. The molecule has 3 rings (SSSR count). The van der Waals surface area contributed by atoms with E-state index >= 15 is 0 Å². The molecule has 0 radical (unpaired) electrons. The number of carbonyl (C=O) groups is 1. The summed E-state index contributed by atoms with van der Waals surface area (Å²) in [5.41, 5.74) is 3.67. The summed E-state index contributed by atoms with van der Waals surface area (Å²) in [6.45, 7) is 7.53. The molecular weight excluding hydrogens is 426 g/mol. The van der Waals surface area contributed by atoms with Crippen LogP contribution in [-0.2, 0) is 4.79 Å². The van der Waals surface area contributed by atoms with E-state index in [0.717, 1.165) is 11.1 Å². The first-order valence-electron chi connectivity index (χ1n) is 10.3. The van der Waals surface area contributed by atoms with Gasteiger partial charge in [0.1, 0.15) is 0 Å². The number of hydrogen-bond acceptors (Lipinski definition) is 7. The Kier molecular flexibility index (Phi) is 7.45. The van der Waals surface area contributed by atoms with Gasteiger partial charge in [0.2, 0.25) is 5.76 Å². The lowest BCUT2D eigenvalue weighted by Crippen LogP contribution is -2.20. The van der Waals surface area contributed by atoms with Gasteiger partial charge in [-0.05, 0) is 74.7 Å². The van der Waals surface area contributed by atoms with Gasteiger partial charge in [-0.2, -0.15) is 0 Å². The minimum absolute atomic E-state index is 0.0544. The molecule has 0 aliphatic carbocycles. The monoisotopic (exact) mass is 451 g/mol. The molecule has 0 spiro atoms. The highest BCUT2D eigenvalue weighted by atomic mass is 16.6. The maximum Gasteiger partial charge on any atom is 0.338 e. The zero-order valence-electron chi connectivity index (χ0n) is 18.9. The number of benzene rings is 2. The molecule has 0 aliphatic rings. The Labute approximate surface area is 191 Å². The molecule has 1 N–H and O–H groups in total. The number of ether oxygens (including phenoxy) is 2. The van der Waals surface area contributed by atoms with E-state index in [4.69, 9.17) is 14.0 Å². The van der Waals surface area contributed by atoms with Crippen molar-refractivity contribution in [2.45, 2.75) is 27.7 Å². The zero-order valence-corrected chi connectivity index (χ0v) is 18.9. The van der Waals surface area contributed by atoms with Gasteiger partial charge in [-0.1, -0.05) is 23.4 Å². The molecule has 3 aromatic rings. The molecule has 1 aromatic heterocycles. The minimum Gasteiger partial charge on any atom is -0.490 e. The Morgan fingerprint density at radius 2 is 1.88 bits per heavy atom. The summed E-state index contributed by atoms with van der Waals surface area (Å²) in [7, 11) is 0. The topological polar surface area (TPSA) is 117 Å². The summed E-state index contributed by atoms with van der Waals surface area (Å²) in [6.07, 6.45) is 3.12. The highest BCUT2D eigenvalue weighted by Gasteiger charge is 2.22. The van der Waals surface area contributed by atoms with Crippen molar-refractivity contribution < 1.29 is 23.7 Å². The number of anilines is 1. The molecule has 172 valence electrons. The first-order valence-corrected chi connectivity index (χ1v) is 10.3. The lowest BCUT2D eigenvalue weighted by Gasteiger charge is -2.13. The molecular formula is C24H25N3O6. The summed E-state index contributed by atoms with van der Waals surface area (Å²) in [5.74, 6) is 0.615. The predicted molar refractivity (Wildman–Crippen MR) is 124 cm³/mol. The number of nitrogens with zero attached hydrogens (tertiary/aromatic N) is 2. The van der Waals surface area contributed by atoms with Crippen LogP contribution < -0.4 is 14.8 Å². The Morgan fingerprint density at radius 3 is 2.58 bits per heavy atom. The van der Waals surface area contributed by atoms with Crippen molar-refractivity contribution in [1.82, 2.24) is 5.16 Å². The number of aryl methyl sites for hydroxylation is 3. The second-order valence-corrected chi connectivity index (χ2v) is 7.35. The van der Waals surface area contributed by atoms with Gasteiger partial charge in [-0.3, -0.25) is 14.9 Å². The number of amides is 1. The normalized spacial score (nSPS) is 10.9. The highest BCUT2D eigenvalue weighted by molar-refractivity contribution is 5.92. The van der Waals surface area contributed by atoms with Crippen molar-refractivity contribution in [3.05, 3.63) is 74.7 Å². The SMILES string of the molecule is CCOc1cc(C=Cc2onc(C)c2[N+](=O)[O-])ccc1OCC(=O)Nc1ccc(C)c(C)c1. The van der Waals surface area contributed by atoms with Crippen LogP contribution >= 0.6 is 0 Å². The van der Waals surface area contributed by atoms with Crippen molar-refractivity contribution in [2.24, 2.45) is 0 Å². The van der Waals surface area contributed by atoms with E-state index in [1.165, 1.54) is 13.0 Å². The average Bonchev–Trinajstić information content (AvgIpc) is 3.15. The van der Waals surface area contributed by atoms with Gasteiger partial charge in [-0.15, -0.1) is 0 Å². The fourth-order valence-electron chi connectivity index (χ4n) is 3.06. The van der Waals surface area contributed by atoms with Gasteiger partial charge in [0.05, 0.1) is 11.5 Å². The third-order valence-corrected chi connectivity index (χ3v) is 4.88. The van der Waals surface area contributed by atoms with E-state index in [0.29, 0.717) is 29.4 Å². The van der Waals surface area contributed by atoms with Crippen LogP contribution in [0.25, 0.3) is 12.2 Å². The van der Waals surface area contributed by atoms with Crippen LogP contribution in [0.3, 0.4) is 0 Å². The van der Waals surface area contributed by atoms with Gasteiger partial charge in [0.15, 0.2) is 23.8 Å². The van der Waals surface area contributed by atoms with Gasteiger partial charge in [-0.25, -0.2) is 0 Å². The third kappa shape index (κ3) is 5.97. The number of rotatable bonds is 9. The predicted octanol–water partition coefficient (Wildman–Crippen LogP) is 5.09. The van der Waals surface area contributed by atoms with Gasteiger partial charge in [0.25, 0.3) is 5.91 Å². The molecule has 0 saturated heterocycles. The summed E-state index contributed by atoms with van der Waals surface area (Å²) in [5, 5.41) is 17.6. The van der Waals surface area contributed by atoms with E-state index < -0.39 is 4.92 Å². The average molecular weight is 451 g/mol. The standard InChI is InChI=1S/C24H25N3O6/c1-5-31-22-13-18(8-11-21-24(27(29)30)17(4)26-33-21)7-10-20(22)32-14-23(28)25-19-9-6-15(2)16(3)12-19/h6-13H,5,14H2,1-4H3,(H,25,28). The molecule has 1 heterocycles. The molecule has 9 heteroatoms. The van der Waals surface area contributed by atoms with Crippen LogP contribution in [0.2, 0.25) is 0 Å². The quantitative estimate of drug-likeness (QED) is 0.355. The largest absolute Gasteiger partial charge is 0.490 e. The first-order chi connectivity index (χ1) is 15.8. The smallest absolute Gasteiger partial charge is 0.338 e. The summed E-state index contributed by atoms with van der Waals surface area (Å²) < 4.78 is 16.3. The molecule has 33 heavy (non-hydrogen) atoms. The molecule has 9 nitrogen and oxygen atoms in total. The zero-order chi connectivity index (χ0) is 24.0. The minimum atomic E-state index is -0.531. The van der Waals surface area contributed by atoms with Crippen LogP contribution in [0, 0.1) is 30.9 Å². The van der Waals surface area contributed by atoms with E-state index in [9.17, 15) is 14.9 Å². The van der Waals surface area contributed by atoms with Crippen LogP contribution in [0.5, 0.6) is 11.5 Å². The number of aromatic nitrogens is 1. The number of hydrogen-bond donors (Lipinski definition) is 1.